The Hall–Kier alpha value is -1.59. The summed E-state index contributed by atoms with van der Waals surface area (Å²) in [5.41, 5.74) is 8.20. The summed E-state index contributed by atoms with van der Waals surface area (Å²) in [6.07, 6.45) is 1.76. The van der Waals surface area contributed by atoms with Crippen LogP contribution in [0.15, 0.2) is 18.2 Å². The molecular formula is C15H22N2O3. The van der Waals surface area contributed by atoms with E-state index >= 15 is 0 Å². The number of benzene rings is 1. The van der Waals surface area contributed by atoms with Crippen molar-refractivity contribution in [3.05, 3.63) is 29.3 Å². The zero-order valence-electron chi connectivity index (χ0n) is 11.9. The molecule has 0 spiro atoms. The molecule has 0 fully saturated rings. The van der Waals surface area contributed by atoms with Gasteiger partial charge in [-0.3, -0.25) is 4.79 Å². The summed E-state index contributed by atoms with van der Waals surface area (Å²) < 4.78 is 10.4. The summed E-state index contributed by atoms with van der Waals surface area (Å²) in [4.78, 5) is 14.2. The summed E-state index contributed by atoms with van der Waals surface area (Å²) in [6, 6.07) is 5.56. The lowest BCUT2D eigenvalue weighted by molar-refractivity contribution is 0.0589. The number of ether oxygens (including phenoxy) is 2. The molecular weight excluding hydrogens is 256 g/mol. The van der Waals surface area contributed by atoms with Gasteiger partial charge in [-0.05, 0) is 30.5 Å². The Morgan fingerprint density at radius 1 is 1.30 bits per heavy atom. The van der Waals surface area contributed by atoms with E-state index in [-0.39, 0.29) is 5.91 Å². The Kier molecular flexibility index (Phi) is 5.38. The van der Waals surface area contributed by atoms with Crippen molar-refractivity contribution >= 4 is 11.6 Å². The highest BCUT2D eigenvalue weighted by molar-refractivity contribution is 5.97. The first-order valence-electron chi connectivity index (χ1n) is 6.96. The monoisotopic (exact) mass is 278 g/mol. The second-order valence-corrected chi connectivity index (χ2v) is 4.92. The lowest BCUT2D eigenvalue weighted by Crippen LogP contribution is -2.39. The van der Waals surface area contributed by atoms with Crippen molar-refractivity contribution in [3.8, 4) is 0 Å². The zero-order chi connectivity index (χ0) is 14.4. The van der Waals surface area contributed by atoms with Gasteiger partial charge in [-0.25, -0.2) is 0 Å². The van der Waals surface area contributed by atoms with E-state index < -0.39 is 0 Å². The van der Waals surface area contributed by atoms with Crippen LogP contribution >= 0.6 is 0 Å². The minimum Gasteiger partial charge on any atom is -0.399 e. The molecule has 5 heteroatoms. The molecule has 5 nitrogen and oxygen atoms in total. The van der Waals surface area contributed by atoms with Crippen LogP contribution in [-0.2, 0) is 15.9 Å². The standard InChI is InChI=1S/C15H22N2O3/c1-19-8-2-9-20-10-7-17-6-5-12-3-4-13(16)11-14(12)15(17)18/h3-4,11H,2,5-10,16H2,1H3. The van der Waals surface area contributed by atoms with E-state index in [0.717, 1.165) is 30.5 Å². The van der Waals surface area contributed by atoms with E-state index in [1.165, 1.54) is 0 Å². The first-order chi connectivity index (χ1) is 9.72. The number of nitrogens with zero attached hydrogens (tertiary/aromatic N) is 1. The molecule has 0 saturated heterocycles. The second-order valence-electron chi connectivity index (χ2n) is 4.92. The molecule has 0 unspecified atom stereocenters. The Morgan fingerprint density at radius 2 is 2.15 bits per heavy atom. The zero-order valence-corrected chi connectivity index (χ0v) is 11.9. The van der Waals surface area contributed by atoms with E-state index in [1.54, 1.807) is 13.2 Å². The molecule has 1 aliphatic rings. The molecule has 0 atom stereocenters. The summed E-state index contributed by atoms with van der Waals surface area (Å²) in [6.45, 7) is 3.30. The molecule has 1 amide bonds. The van der Waals surface area contributed by atoms with Crippen LogP contribution in [0.25, 0.3) is 0 Å². The van der Waals surface area contributed by atoms with Gasteiger partial charge in [0.15, 0.2) is 0 Å². The first kappa shape index (κ1) is 14.8. The Balaban J connectivity index is 1.82. The highest BCUT2D eigenvalue weighted by Gasteiger charge is 2.23. The molecule has 1 aromatic rings. The van der Waals surface area contributed by atoms with Gasteiger partial charge < -0.3 is 20.1 Å². The average molecular weight is 278 g/mol. The molecule has 1 heterocycles. The van der Waals surface area contributed by atoms with Crippen LogP contribution < -0.4 is 5.73 Å². The summed E-state index contributed by atoms with van der Waals surface area (Å²) >= 11 is 0. The lowest BCUT2D eigenvalue weighted by atomic mass is 9.98. The summed E-state index contributed by atoms with van der Waals surface area (Å²) in [5, 5.41) is 0. The molecule has 0 radical (unpaired) electrons. The summed E-state index contributed by atoms with van der Waals surface area (Å²) in [5.74, 6) is 0.0547. The van der Waals surface area contributed by atoms with Gasteiger partial charge in [0.05, 0.1) is 6.61 Å². The molecule has 0 aromatic heterocycles. The molecule has 0 saturated carbocycles. The van der Waals surface area contributed by atoms with Crippen molar-refractivity contribution in [2.45, 2.75) is 12.8 Å². The van der Waals surface area contributed by atoms with Crippen molar-refractivity contribution in [1.29, 1.82) is 0 Å². The highest BCUT2D eigenvalue weighted by atomic mass is 16.5. The Morgan fingerprint density at radius 3 is 2.95 bits per heavy atom. The van der Waals surface area contributed by atoms with E-state index in [1.807, 2.05) is 17.0 Å². The number of fused-ring (bicyclic) bond motifs is 1. The lowest BCUT2D eigenvalue weighted by Gasteiger charge is -2.28. The third kappa shape index (κ3) is 3.71. The van der Waals surface area contributed by atoms with Crippen molar-refractivity contribution in [2.24, 2.45) is 0 Å². The van der Waals surface area contributed by atoms with Gasteiger partial charge in [-0.15, -0.1) is 0 Å². The number of amides is 1. The predicted molar refractivity (Wildman–Crippen MR) is 77.8 cm³/mol. The SMILES string of the molecule is COCCCOCCN1CCc2ccc(N)cc2C1=O. The van der Waals surface area contributed by atoms with Gasteiger partial charge in [0.1, 0.15) is 0 Å². The van der Waals surface area contributed by atoms with Gasteiger partial charge in [0.25, 0.3) is 5.91 Å². The number of methoxy groups -OCH3 is 1. The fourth-order valence-corrected chi connectivity index (χ4v) is 2.33. The van der Waals surface area contributed by atoms with Gasteiger partial charge in [-0.1, -0.05) is 6.07 Å². The van der Waals surface area contributed by atoms with Gasteiger partial charge in [-0.2, -0.15) is 0 Å². The maximum absolute atomic E-state index is 12.3. The van der Waals surface area contributed by atoms with Gasteiger partial charge >= 0.3 is 0 Å². The van der Waals surface area contributed by atoms with Gasteiger partial charge in [0, 0.05) is 44.7 Å². The van der Waals surface area contributed by atoms with Crippen LogP contribution in [-0.4, -0.2) is 50.8 Å². The number of hydrogen-bond acceptors (Lipinski definition) is 4. The number of nitrogen functional groups attached to an aromatic ring is 1. The molecule has 2 N–H and O–H groups in total. The number of rotatable bonds is 7. The molecule has 1 aromatic carbocycles. The minimum absolute atomic E-state index is 0.0547. The average Bonchev–Trinajstić information content (AvgIpc) is 2.45. The van der Waals surface area contributed by atoms with Crippen LogP contribution in [0.4, 0.5) is 5.69 Å². The van der Waals surface area contributed by atoms with Crippen LogP contribution in [0.5, 0.6) is 0 Å². The number of carbonyl (C=O) groups excluding carboxylic acids is 1. The normalized spacial score (nSPS) is 14.4. The van der Waals surface area contributed by atoms with E-state index in [4.69, 9.17) is 15.2 Å². The van der Waals surface area contributed by atoms with Crippen LogP contribution in [0, 0.1) is 0 Å². The van der Waals surface area contributed by atoms with Crippen LogP contribution in [0.2, 0.25) is 0 Å². The quantitative estimate of drug-likeness (QED) is 0.603. The number of anilines is 1. The predicted octanol–water partition coefficient (Wildman–Crippen LogP) is 1.32. The molecule has 0 bridgehead atoms. The van der Waals surface area contributed by atoms with Crippen LogP contribution in [0.3, 0.4) is 0 Å². The Bertz CT molecular complexity index is 462. The molecule has 20 heavy (non-hydrogen) atoms. The fraction of sp³-hybridized carbons (Fsp3) is 0.533. The van der Waals surface area contributed by atoms with Crippen LogP contribution in [0.1, 0.15) is 22.3 Å². The fourth-order valence-electron chi connectivity index (χ4n) is 2.33. The largest absolute Gasteiger partial charge is 0.399 e. The third-order valence-corrected chi connectivity index (χ3v) is 3.45. The van der Waals surface area contributed by atoms with Crippen molar-refractivity contribution < 1.29 is 14.3 Å². The van der Waals surface area contributed by atoms with Crippen molar-refractivity contribution in [1.82, 2.24) is 4.90 Å². The molecule has 1 aliphatic heterocycles. The van der Waals surface area contributed by atoms with E-state index in [2.05, 4.69) is 0 Å². The molecule has 2 rings (SSSR count). The third-order valence-electron chi connectivity index (χ3n) is 3.45. The summed E-state index contributed by atoms with van der Waals surface area (Å²) in [7, 11) is 1.68. The molecule has 0 aliphatic carbocycles. The minimum atomic E-state index is 0.0547. The van der Waals surface area contributed by atoms with E-state index in [9.17, 15) is 4.79 Å². The van der Waals surface area contributed by atoms with Gasteiger partial charge in [0.2, 0.25) is 0 Å². The first-order valence-corrected chi connectivity index (χ1v) is 6.96. The number of nitrogens with two attached hydrogens (primary N) is 1. The number of hydrogen-bond donors (Lipinski definition) is 1. The topological polar surface area (TPSA) is 64.8 Å². The van der Waals surface area contributed by atoms with Crippen molar-refractivity contribution in [2.75, 3.05) is 45.8 Å². The van der Waals surface area contributed by atoms with E-state index in [0.29, 0.717) is 32.1 Å². The number of carbonyl (C=O) groups is 1. The molecule has 110 valence electrons. The second kappa shape index (κ2) is 7.26. The highest BCUT2D eigenvalue weighted by Crippen LogP contribution is 2.21. The maximum Gasteiger partial charge on any atom is 0.254 e. The van der Waals surface area contributed by atoms with Crippen molar-refractivity contribution in [3.63, 3.8) is 0 Å². The maximum atomic E-state index is 12.3. The Labute approximate surface area is 119 Å². The smallest absolute Gasteiger partial charge is 0.254 e.